The lowest BCUT2D eigenvalue weighted by Gasteiger charge is -2.49. The molecule has 2 aliphatic heterocycles. The fourth-order valence-corrected chi connectivity index (χ4v) is 4.92. The van der Waals surface area contributed by atoms with Crippen LogP contribution in [0.3, 0.4) is 0 Å². The summed E-state index contributed by atoms with van der Waals surface area (Å²) in [6.45, 7) is 7.36. The molecule has 0 atom stereocenters. The molecule has 0 aromatic carbocycles. The highest BCUT2D eigenvalue weighted by Gasteiger charge is 2.36. The van der Waals surface area contributed by atoms with Crippen molar-refractivity contribution in [2.75, 3.05) is 44.2 Å². The number of aromatic nitrogens is 2. The van der Waals surface area contributed by atoms with Crippen molar-refractivity contribution in [1.82, 2.24) is 19.8 Å². The van der Waals surface area contributed by atoms with Gasteiger partial charge >= 0.3 is 0 Å². The molecule has 0 amide bonds. The normalized spacial score (nSPS) is 27.4. The summed E-state index contributed by atoms with van der Waals surface area (Å²) >= 11 is 0. The number of nitrogens with zero attached hydrogens (tertiary/aromatic N) is 5. The van der Waals surface area contributed by atoms with Gasteiger partial charge in [-0.1, -0.05) is 19.3 Å². The van der Waals surface area contributed by atoms with E-state index in [4.69, 9.17) is 0 Å². The molecule has 4 aliphatic rings. The molecular weight excluding hydrogens is 310 g/mol. The maximum atomic E-state index is 4.51. The highest BCUT2D eigenvalue weighted by atomic mass is 15.4. The highest BCUT2D eigenvalue weighted by Crippen LogP contribution is 2.39. The van der Waals surface area contributed by atoms with Gasteiger partial charge < -0.3 is 4.90 Å². The van der Waals surface area contributed by atoms with Crippen LogP contribution in [0, 0.1) is 0 Å². The number of anilines is 1. The van der Waals surface area contributed by atoms with Crippen molar-refractivity contribution < 1.29 is 0 Å². The first-order valence-corrected chi connectivity index (χ1v) is 10.4. The van der Waals surface area contributed by atoms with Crippen molar-refractivity contribution in [2.45, 2.75) is 62.9 Å². The van der Waals surface area contributed by atoms with Crippen LogP contribution in [0.25, 0.3) is 0 Å². The molecule has 1 aromatic heterocycles. The minimum atomic E-state index is 0.715. The second-order valence-electron chi connectivity index (χ2n) is 8.50. The summed E-state index contributed by atoms with van der Waals surface area (Å²) in [5, 5.41) is 0. The van der Waals surface area contributed by atoms with Crippen molar-refractivity contribution in [3.63, 3.8) is 0 Å². The topological polar surface area (TPSA) is 35.5 Å². The first kappa shape index (κ1) is 16.0. The van der Waals surface area contributed by atoms with E-state index in [1.807, 2.05) is 0 Å². The van der Waals surface area contributed by atoms with Gasteiger partial charge in [-0.05, 0) is 25.7 Å². The van der Waals surface area contributed by atoms with E-state index in [2.05, 4.69) is 30.7 Å². The van der Waals surface area contributed by atoms with Gasteiger partial charge in [-0.3, -0.25) is 9.80 Å². The Hall–Kier alpha value is -1.20. The Kier molecular flexibility index (Phi) is 4.38. The molecule has 136 valence electrons. The molecule has 3 heterocycles. The van der Waals surface area contributed by atoms with Crippen LogP contribution in [0.1, 0.15) is 56.6 Å². The predicted octanol–water partition coefficient (Wildman–Crippen LogP) is 2.49. The molecule has 5 nitrogen and oxygen atoms in total. The third-order valence-corrected chi connectivity index (χ3v) is 6.81. The Bertz CT molecular complexity index is 582. The molecule has 2 saturated heterocycles. The van der Waals surface area contributed by atoms with Crippen LogP contribution < -0.4 is 4.90 Å². The summed E-state index contributed by atoms with van der Waals surface area (Å²) in [6, 6.07) is 3.85. The van der Waals surface area contributed by atoms with Crippen molar-refractivity contribution >= 4 is 5.82 Å². The van der Waals surface area contributed by atoms with Crippen LogP contribution in [0.5, 0.6) is 0 Å². The molecule has 1 aromatic rings. The molecule has 0 bridgehead atoms. The molecule has 25 heavy (non-hydrogen) atoms. The Morgan fingerprint density at radius 1 is 0.760 bits per heavy atom. The molecule has 4 fully saturated rings. The summed E-state index contributed by atoms with van der Waals surface area (Å²) in [7, 11) is 0. The predicted molar refractivity (Wildman–Crippen MR) is 100 cm³/mol. The fraction of sp³-hybridized carbons (Fsp3) is 0.800. The average Bonchev–Trinajstić information content (AvgIpc) is 3.47. The number of piperazine rings is 1. The van der Waals surface area contributed by atoms with E-state index in [9.17, 15) is 0 Å². The van der Waals surface area contributed by atoms with E-state index < -0.39 is 0 Å². The molecule has 0 unspecified atom stereocenters. The van der Waals surface area contributed by atoms with Crippen LogP contribution in [-0.4, -0.2) is 71.1 Å². The summed E-state index contributed by atoms with van der Waals surface area (Å²) in [4.78, 5) is 16.9. The molecule has 5 heteroatoms. The van der Waals surface area contributed by atoms with E-state index in [0.29, 0.717) is 5.92 Å². The Morgan fingerprint density at radius 3 is 2.12 bits per heavy atom. The van der Waals surface area contributed by atoms with Gasteiger partial charge in [0.1, 0.15) is 12.1 Å². The molecule has 2 saturated carbocycles. The van der Waals surface area contributed by atoms with Gasteiger partial charge in [0.2, 0.25) is 0 Å². The van der Waals surface area contributed by atoms with Crippen molar-refractivity contribution in [3.8, 4) is 0 Å². The average molecular weight is 342 g/mol. The summed E-state index contributed by atoms with van der Waals surface area (Å²) in [5.41, 5.74) is 1.26. The van der Waals surface area contributed by atoms with Gasteiger partial charge in [-0.15, -0.1) is 0 Å². The minimum Gasteiger partial charge on any atom is -0.353 e. The van der Waals surface area contributed by atoms with Crippen LogP contribution in [0.4, 0.5) is 5.82 Å². The molecule has 5 rings (SSSR count). The van der Waals surface area contributed by atoms with Gasteiger partial charge in [0, 0.05) is 69.0 Å². The lowest BCUT2D eigenvalue weighted by molar-refractivity contribution is 0.0487. The molecule has 0 N–H and O–H groups in total. The van der Waals surface area contributed by atoms with Crippen molar-refractivity contribution in [2.24, 2.45) is 0 Å². The second-order valence-corrected chi connectivity index (χ2v) is 8.50. The third-order valence-electron chi connectivity index (χ3n) is 6.81. The Labute approximate surface area is 151 Å². The number of hydrogen-bond donors (Lipinski definition) is 0. The maximum absolute atomic E-state index is 4.51. The molecule has 0 spiro atoms. The Balaban J connectivity index is 1.11. The number of rotatable bonds is 4. The lowest BCUT2D eigenvalue weighted by atomic mass is 9.93. The van der Waals surface area contributed by atoms with Crippen LogP contribution in [0.2, 0.25) is 0 Å². The van der Waals surface area contributed by atoms with Gasteiger partial charge in [0.15, 0.2) is 0 Å². The van der Waals surface area contributed by atoms with Crippen molar-refractivity contribution in [3.05, 3.63) is 18.1 Å². The molecular formula is C20H31N5. The largest absolute Gasteiger partial charge is 0.353 e. The molecule has 2 aliphatic carbocycles. The van der Waals surface area contributed by atoms with Gasteiger partial charge in [-0.2, -0.15) is 0 Å². The fourth-order valence-electron chi connectivity index (χ4n) is 4.92. The van der Waals surface area contributed by atoms with Gasteiger partial charge in [0.05, 0.1) is 0 Å². The smallest absolute Gasteiger partial charge is 0.132 e. The van der Waals surface area contributed by atoms with Gasteiger partial charge in [0.25, 0.3) is 0 Å². The van der Waals surface area contributed by atoms with E-state index >= 15 is 0 Å². The molecule has 0 radical (unpaired) electrons. The van der Waals surface area contributed by atoms with Crippen LogP contribution in [0.15, 0.2) is 12.4 Å². The van der Waals surface area contributed by atoms with E-state index in [0.717, 1.165) is 31.0 Å². The monoisotopic (exact) mass is 341 g/mol. The number of hydrogen-bond acceptors (Lipinski definition) is 5. The van der Waals surface area contributed by atoms with E-state index in [1.54, 1.807) is 6.33 Å². The third kappa shape index (κ3) is 3.41. The summed E-state index contributed by atoms with van der Waals surface area (Å²) in [6.07, 6.45) is 11.6. The van der Waals surface area contributed by atoms with E-state index in [-0.39, 0.29) is 0 Å². The second kappa shape index (κ2) is 6.84. The maximum Gasteiger partial charge on any atom is 0.132 e. The quantitative estimate of drug-likeness (QED) is 0.841. The zero-order valence-corrected chi connectivity index (χ0v) is 15.3. The highest BCUT2D eigenvalue weighted by molar-refractivity contribution is 5.44. The van der Waals surface area contributed by atoms with Gasteiger partial charge in [-0.25, -0.2) is 9.97 Å². The van der Waals surface area contributed by atoms with Crippen LogP contribution in [-0.2, 0) is 0 Å². The lowest BCUT2D eigenvalue weighted by Crippen LogP contribution is -2.64. The SMILES string of the molecule is c1nc(C2CC2)cc(N2CC(N3CCN(C4CCCCC4)CC3)C2)n1. The zero-order valence-electron chi connectivity index (χ0n) is 15.3. The standard InChI is InChI=1S/C20H31N5/c1-2-4-17(5-3-1)23-8-10-24(11-9-23)18-13-25(14-18)20-12-19(16-6-7-16)21-15-22-20/h12,15-18H,1-11,13-14H2. The summed E-state index contributed by atoms with van der Waals surface area (Å²) < 4.78 is 0. The zero-order chi connectivity index (χ0) is 16.6. The Morgan fingerprint density at radius 2 is 1.44 bits per heavy atom. The van der Waals surface area contributed by atoms with E-state index in [1.165, 1.54) is 76.8 Å². The van der Waals surface area contributed by atoms with Crippen LogP contribution >= 0.6 is 0 Å². The summed E-state index contributed by atoms with van der Waals surface area (Å²) in [5.74, 6) is 1.86. The first-order valence-electron chi connectivity index (χ1n) is 10.4. The minimum absolute atomic E-state index is 0.715. The van der Waals surface area contributed by atoms with Crippen molar-refractivity contribution in [1.29, 1.82) is 0 Å². The first-order chi connectivity index (χ1) is 12.4.